The average molecular weight is 323 g/mol. The van der Waals surface area contributed by atoms with Crippen LogP contribution in [-0.4, -0.2) is 41.1 Å². The molecule has 0 aromatic heterocycles. The Morgan fingerprint density at radius 3 is 2.42 bits per heavy atom. The summed E-state index contributed by atoms with van der Waals surface area (Å²) in [6.07, 6.45) is 1.12. The molecular formula is C14H12O4Se. The van der Waals surface area contributed by atoms with E-state index in [4.69, 9.17) is 0 Å². The summed E-state index contributed by atoms with van der Waals surface area (Å²) in [5.41, 5.74) is 0.853. The number of carbonyl (C=O) groups is 2. The molecule has 5 heteroatoms. The maximum absolute atomic E-state index is 11.5. The van der Waals surface area contributed by atoms with Gasteiger partial charge in [0.15, 0.2) is 0 Å². The van der Waals surface area contributed by atoms with Crippen LogP contribution < -0.4 is 0 Å². The van der Waals surface area contributed by atoms with Gasteiger partial charge in [0.1, 0.15) is 0 Å². The zero-order valence-corrected chi connectivity index (χ0v) is 12.2. The first-order chi connectivity index (χ1) is 9.17. The minimum absolute atomic E-state index is 0.227. The number of benzene rings is 1. The zero-order chi connectivity index (χ0) is 14.1. The normalized spacial score (nSPS) is 10.1. The van der Waals surface area contributed by atoms with E-state index in [1.807, 2.05) is 30.3 Å². The summed E-state index contributed by atoms with van der Waals surface area (Å²) in [7, 11) is 2.50. The summed E-state index contributed by atoms with van der Waals surface area (Å²) in [5.74, 6) is 1.77. The van der Waals surface area contributed by atoms with E-state index in [9.17, 15) is 9.59 Å². The molecule has 0 atom stereocenters. The Morgan fingerprint density at radius 2 is 1.84 bits per heavy atom. The molecule has 0 heterocycles. The van der Waals surface area contributed by atoms with Crippen LogP contribution in [0.3, 0.4) is 0 Å². The molecule has 0 aliphatic carbocycles. The summed E-state index contributed by atoms with van der Waals surface area (Å²) in [4.78, 5) is 25.5. The van der Waals surface area contributed by atoms with Crippen LogP contribution in [0.15, 0.2) is 40.9 Å². The van der Waals surface area contributed by atoms with E-state index < -0.39 is 26.9 Å². The molecule has 0 amide bonds. The zero-order valence-electron chi connectivity index (χ0n) is 10.5. The summed E-state index contributed by atoms with van der Waals surface area (Å²) in [6.45, 7) is 0. The molecule has 1 aromatic carbocycles. The van der Waals surface area contributed by atoms with Crippen molar-refractivity contribution in [1.82, 2.24) is 0 Å². The van der Waals surface area contributed by atoms with Crippen molar-refractivity contribution in [3.8, 4) is 10.7 Å². The van der Waals surface area contributed by atoms with Gasteiger partial charge in [0, 0.05) is 0 Å². The molecule has 4 nitrogen and oxygen atoms in total. The van der Waals surface area contributed by atoms with Crippen molar-refractivity contribution in [2.75, 3.05) is 14.2 Å². The van der Waals surface area contributed by atoms with Crippen molar-refractivity contribution in [1.29, 1.82) is 0 Å². The van der Waals surface area contributed by atoms with Crippen LogP contribution in [0.1, 0.15) is 5.56 Å². The van der Waals surface area contributed by atoms with Gasteiger partial charge < -0.3 is 0 Å². The van der Waals surface area contributed by atoms with Gasteiger partial charge in [-0.3, -0.25) is 0 Å². The SMILES string of the molecule is COC(=O)/C=C(/[Se]C#Cc1ccccc1)C(=O)OC. The molecule has 0 saturated heterocycles. The standard InChI is InChI=1S/C14H12O4Se/c1-17-13(15)10-12(14(16)18-2)19-9-8-11-6-4-3-5-7-11/h3-7,10H,1-2H3/b12-10+. The van der Waals surface area contributed by atoms with Crippen LogP contribution in [-0.2, 0) is 19.1 Å². The first-order valence-electron chi connectivity index (χ1n) is 5.28. The number of hydrogen-bond donors (Lipinski definition) is 0. The molecule has 0 aliphatic heterocycles. The Hall–Kier alpha value is -2.02. The molecule has 0 N–H and O–H groups in total. The first-order valence-corrected chi connectivity index (χ1v) is 6.99. The summed E-state index contributed by atoms with van der Waals surface area (Å²) in [5, 5.41) is 0. The van der Waals surface area contributed by atoms with Gasteiger partial charge in [-0.15, -0.1) is 0 Å². The third-order valence-electron chi connectivity index (χ3n) is 1.97. The molecule has 0 unspecified atom stereocenters. The summed E-state index contributed by atoms with van der Waals surface area (Å²) < 4.78 is 9.30. The van der Waals surface area contributed by atoms with Gasteiger partial charge in [0.25, 0.3) is 0 Å². The van der Waals surface area contributed by atoms with Gasteiger partial charge in [-0.2, -0.15) is 0 Å². The fourth-order valence-corrected chi connectivity index (χ4v) is 2.32. The number of esters is 2. The third-order valence-corrected chi connectivity index (χ3v) is 3.45. The van der Waals surface area contributed by atoms with Crippen LogP contribution in [0.5, 0.6) is 0 Å². The number of rotatable bonds is 3. The number of hydrogen-bond acceptors (Lipinski definition) is 4. The van der Waals surface area contributed by atoms with E-state index >= 15 is 0 Å². The molecule has 0 radical (unpaired) electrons. The minimum atomic E-state index is -0.594. The van der Waals surface area contributed by atoms with Crippen molar-refractivity contribution in [3.63, 3.8) is 0 Å². The van der Waals surface area contributed by atoms with E-state index in [0.717, 1.165) is 11.6 Å². The summed E-state index contributed by atoms with van der Waals surface area (Å²) in [6, 6.07) is 9.38. The van der Waals surface area contributed by atoms with Crippen molar-refractivity contribution >= 4 is 26.9 Å². The van der Waals surface area contributed by atoms with E-state index in [1.54, 1.807) is 0 Å². The molecule has 1 aromatic rings. The van der Waals surface area contributed by atoms with Crippen LogP contribution in [0, 0.1) is 10.7 Å². The molecule has 0 spiro atoms. The van der Waals surface area contributed by atoms with Crippen molar-refractivity contribution in [2.45, 2.75) is 0 Å². The second-order valence-corrected chi connectivity index (χ2v) is 5.00. The van der Waals surface area contributed by atoms with Crippen molar-refractivity contribution in [3.05, 3.63) is 46.4 Å². The number of carbonyl (C=O) groups excluding carboxylic acids is 2. The second kappa shape index (κ2) is 8.15. The van der Waals surface area contributed by atoms with Gasteiger partial charge in [0.2, 0.25) is 0 Å². The topological polar surface area (TPSA) is 52.6 Å². The molecule has 0 fully saturated rings. The van der Waals surface area contributed by atoms with Gasteiger partial charge in [-0.1, -0.05) is 0 Å². The van der Waals surface area contributed by atoms with Crippen LogP contribution in [0.25, 0.3) is 0 Å². The Labute approximate surface area is 117 Å². The fourth-order valence-electron chi connectivity index (χ4n) is 1.06. The van der Waals surface area contributed by atoms with E-state index in [0.29, 0.717) is 0 Å². The molecule has 0 bridgehead atoms. The Kier molecular flexibility index (Phi) is 6.45. The number of ether oxygens (including phenoxy) is 2. The van der Waals surface area contributed by atoms with Crippen molar-refractivity contribution in [2.24, 2.45) is 0 Å². The molecule has 98 valence electrons. The second-order valence-electron chi connectivity index (χ2n) is 3.22. The van der Waals surface area contributed by atoms with Gasteiger partial charge in [0.05, 0.1) is 0 Å². The molecule has 0 aliphatic rings. The third kappa shape index (κ3) is 5.43. The average Bonchev–Trinajstić information content (AvgIpc) is 2.46. The Balaban J connectivity index is 2.80. The van der Waals surface area contributed by atoms with E-state index in [1.165, 1.54) is 14.2 Å². The molecule has 1 rings (SSSR count). The number of methoxy groups -OCH3 is 2. The molecular weight excluding hydrogens is 311 g/mol. The summed E-state index contributed by atoms with van der Waals surface area (Å²) >= 11 is -0.475. The van der Waals surface area contributed by atoms with Crippen molar-refractivity contribution < 1.29 is 19.1 Å². The van der Waals surface area contributed by atoms with Crippen LogP contribution in [0.4, 0.5) is 0 Å². The maximum atomic E-state index is 11.5. The predicted molar refractivity (Wildman–Crippen MR) is 71.2 cm³/mol. The van der Waals surface area contributed by atoms with Gasteiger partial charge >= 0.3 is 117 Å². The predicted octanol–water partition coefficient (Wildman–Crippen LogP) is 0.930. The first kappa shape index (κ1) is 15.0. The van der Waals surface area contributed by atoms with Crippen LogP contribution in [0.2, 0.25) is 0 Å². The fraction of sp³-hybridized carbons (Fsp3) is 0.143. The van der Waals surface area contributed by atoms with Crippen LogP contribution >= 0.6 is 0 Å². The van der Waals surface area contributed by atoms with E-state index in [2.05, 4.69) is 20.2 Å². The Bertz CT molecular complexity index is 538. The molecule has 19 heavy (non-hydrogen) atoms. The monoisotopic (exact) mass is 324 g/mol. The molecule has 0 saturated carbocycles. The Morgan fingerprint density at radius 1 is 1.16 bits per heavy atom. The van der Waals surface area contributed by atoms with E-state index in [-0.39, 0.29) is 4.47 Å². The van der Waals surface area contributed by atoms with Gasteiger partial charge in [-0.25, -0.2) is 0 Å². The quantitative estimate of drug-likeness (QED) is 0.359. The van der Waals surface area contributed by atoms with Gasteiger partial charge in [-0.05, 0) is 0 Å².